The summed E-state index contributed by atoms with van der Waals surface area (Å²) in [5, 5.41) is 5.01. The Morgan fingerprint density at radius 3 is 2.46 bits per heavy atom. The molecule has 2 aliphatic heterocycles. The van der Waals surface area contributed by atoms with Gasteiger partial charge in [-0.05, 0) is 59.4 Å². The van der Waals surface area contributed by atoms with E-state index in [2.05, 4.69) is 10.6 Å². The Labute approximate surface area is 221 Å². The summed E-state index contributed by atoms with van der Waals surface area (Å²) in [5.41, 5.74) is 2.28. The van der Waals surface area contributed by atoms with Gasteiger partial charge in [0.15, 0.2) is 0 Å². The number of amides is 5. The number of cyclic esters (lactones) is 1. The lowest BCUT2D eigenvalue weighted by Crippen LogP contribution is -2.52. The van der Waals surface area contributed by atoms with E-state index >= 15 is 0 Å². The van der Waals surface area contributed by atoms with Gasteiger partial charge in [0.05, 0.1) is 13.0 Å². The third-order valence-electron chi connectivity index (χ3n) is 6.72. The van der Waals surface area contributed by atoms with Gasteiger partial charge in [0.1, 0.15) is 18.4 Å². The van der Waals surface area contributed by atoms with E-state index in [-0.39, 0.29) is 25.9 Å². The van der Waals surface area contributed by atoms with Gasteiger partial charge in [-0.25, -0.2) is 18.9 Å². The summed E-state index contributed by atoms with van der Waals surface area (Å²) in [5.74, 6) is -2.52. The molecule has 0 aromatic heterocycles. The number of alkyl halides is 3. The number of nitrogens with one attached hydrogen (secondary N) is 2. The average molecular weight is 551 g/mol. The van der Waals surface area contributed by atoms with Gasteiger partial charge in [-0.3, -0.25) is 9.59 Å². The maximum absolute atomic E-state index is 14.0. The fraction of sp³-hybridized carbons (Fsp3) is 0.385. The maximum atomic E-state index is 14.0. The molecule has 2 aromatic carbocycles. The Hall–Kier alpha value is -4.16. The fourth-order valence-electron chi connectivity index (χ4n) is 4.69. The number of halogens is 4. The number of nitrogens with zero attached hydrogens (tertiary/aromatic N) is 2. The number of rotatable bonds is 3. The Morgan fingerprint density at radius 1 is 1.03 bits per heavy atom. The lowest BCUT2D eigenvalue weighted by molar-refractivity contribution is -0.192. The molecule has 0 saturated carbocycles. The summed E-state index contributed by atoms with van der Waals surface area (Å²) in [6.45, 7) is -1.58. The number of anilines is 1. The minimum Gasteiger partial charge on any atom is -0.449 e. The minimum atomic E-state index is -4.78. The van der Waals surface area contributed by atoms with E-state index in [9.17, 15) is 36.7 Å². The molecule has 13 heteroatoms. The van der Waals surface area contributed by atoms with Crippen LogP contribution in [0.15, 0.2) is 36.4 Å². The normalized spacial score (nSPS) is 18.0. The molecule has 4 rings (SSSR count). The van der Waals surface area contributed by atoms with Crippen LogP contribution in [0.25, 0.3) is 0 Å². The van der Waals surface area contributed by atoms with Crippen molar-refractivity contribution in [3.8, 4) is 0 Å². The first-order valence-electron chi connectivity index (χ1n) is 12.2. The standard InChI is InChI=1S/C26H26F4N4O5/c1-31-24(37)32-20-6-3-16-12-22(35)34(25(38)39-9-8-17(16)11-20)14-23(36)33-13-18-2-5-19(27)10-15(18)4-7-21(33)26(28,29)30/h2-3,5-6,10-11,21H,4,7-9,12-14H2,1H3,(H2,31,32,37)/t21-/m1/s1. The third kappa shape index (κ3) is 6.47. The molecule has 0 saturated heterocycles. The van der Waals surface area contributed by atoms with Crippen LogP contribution in [0.5, 0.6) is 0 Å². The highest BCUT2D eigenvalue weighted by molar-refractivity contribution is 5.97. The number of carbonyl (C=O) groups is 4. The van der Waals surface area contributed by atoms with E-state index in [0.29, 0.717) is 37.7 Å². The lowest BCUT2D eigenvalue weighted by Gasteiger charge is -2.33. The summed E-state index contributed by atoms with van der Waals surface area (Å²) >= 11 is 0. The number of ether oxygens (including phenoxy) is 1. The molecular formula is C26H26F4N4O5. The van der Waals surface area contributed by atoms with E-state index in [4.69, 9.17) is 4.74 Å². The first-order chi connectivity index (χ1) is 18.5. The molecule has 1 atom stereocenters. The van der Waals surface area contributed by atoms with Gasteiger partial charge in [0.25, 0.3) is 0 Å². The zero-order valence-electron chi connectivity index (χ0n) is 20.9. The van der Waals surface area contributed by atoms with E-state index in [1.807, 2.05) is 0 Å². The summed E-state index contributed by atoms with van der Waals surface area (Å²) < 4.78 is 60.8. The van der Waals surface area contributed by atoms with Crippen LogP contribution in [-0.2, 0) is 40.1 Å². The van der Waals surface area contributed by atoms with Crippen molar-refractivity contribution in [2.75, 3.05) is 25.5 Å². The molecule has 0 aliphatic carbocycles. The molecule has 0 unspecified atom stereocenters. The second-order valence-electron chi connectivity index (χ2n) is 9.24. The molecule has 2 N–H and O–H groups in total. The van der Waals surface area contributed by atoms with Gasteiger partial charge in [-0.1, -0.05) is 12.1 Å². The van der Waals surface area contributed by atoms with E-state index in [1.165, 1.54) is 13.1 Å². The summed E-state index contributed by atoms with van der Waals surface area (Å²) in [6, 6.07) is 5.70. The molecular weight excluding hydrogens is 524 g/mol. The van der Waals surface area contributed by atoms with Crippen LogP contribution in [-0.4, -0.2) is 66.2 Å². The zero-order chi connectivity index (χ0) is 28.3. The summed E-state index contributed by atoms with van der Waals surface area (Å²) in [7, 11) is 1.45. The highest BCUT2D eigenvalue weighted by atomic mass is 19.4. The van der Waals surface area contributed by atoms with Gasteiger partial charge in [0, 0.05) is 25.7 Å². The van der Waals surface area contributed by atoms with Crippen molar-refractivity contribution in [2.24, 2.45) is 0 Å². The number of aryl methyl sites for hydroxylation is 1. The highest BCUT2D eigenvalue weighted by Crippen LogP contribution is 2.33. The van der Waals surface area contributed by atoms with E-state index < -0.39 is 61.5 Å². The van der Waals surface area contributed by atoms with Crippen LogP contribution in [0.4, 0.5) is 32.8 Å². The first-order valence-corrected chi connectivity index (χ1v) is 12.2. The molecule has 208 valence electrons. The Kier molecular flexibility index (Phi) is 8.07. The molecule has 39 heavy (non-hydrogen) atoms. The number of urea groups is 1. The average Bonchev–Trinajstić information content (AvgIpc) is 3.04. The van der Waals surface area contributed by atoms with E-state index in [1.54, 1.807) is 18.2 Å². The number of hydrogen-bond acceptors (Lipinski definition) is 5. The van der Waals surface area contributed by atoms with Crippen LogP contribution in [0.1, 0.15) is 28.7 Å². The second kappa shape index (κ2) is 11.3. The Balaban J connectivity index is 1.57. The van der Waals surface area contributed by atoms with Crippen molar-refractivity contribution in [2.45, 2.75) is 44.4 Å². The Morgan fingerprint density at radius 2 is 1.74 bits per heavy atom. The molecule has 2 aliphatic rings. The zero-order valence-corrected chi connectivity index (χ0v) is 20.9. The fourth-order valence-corrected chi connectivity index (χ4v) is 4.69. The monoisotopic (exact) mass is 550 g/mol. The first kappa shape index (κ1) is 27.9. The molecule has 5 amide bonds. The number of benzene rings is 2. The topological polar surface area (TPSA) is 108 Å². The van der Waals surface area contributed by atoms with Crippen molar-refractivity contribution in [3.63, 3.8) is 0 Å². The van der Waals surface area contributed by atoms with Gasteiger partial charge in [0.2, 0.25) is 11.8 Å². The van der Waals surface area contributed by atoms with Crippen molar-refractivity contribution < 1.29 is 41.5 Å². The number of carbonyl (C=O) groups excluding carboxylic acids is 4. The molecule has 0 fully saturated rings. The summed E-state index contributed by atoms with van der Waals surface area (Å²) in [4.78, 5) is 51.8. The molecule has 0 radical (unpaired) electrons. The minimum absolute atomic E-state index is 0.0979. The van der Waals surface area contributed by atoms with Crippen molar-refractivity contribution in [3.05, 3.63) is 64.5 Å². The van der Waals surface area contributed by atoms with Crippen LogP contribution >= 0.6 is 0 Å². The van der Waals surface area contributed by atoms with Gasteiger partial charge in [-0.15, -0.1) is 0 Å². The molecule has 9 nitrogen and oxygen atoms in total. The lowest BCUT2D eigenvalue weighted by atomic mass is 10.0. The molecule has 0 bridgehead atoms. The predicted molar refractivity (Wildman–Crippen MR) is 130 cm³/mol. The number of imide groups is 1. The van der Waals surface area contributed by atoms with Gasteiger partial charge >= 0.3 is 18.3 Å². The Bertz CT molecular complexity index is 1300. The SMILES string of the molecule is CNC(=O)Nc1ccc2c(c1)CCOC(=O)N(CC(=O)N1Cc3ccc(F)cc3CC[C@@H]1C(F)(F)F)C(=O)C2. The molecule has 2 aromatic rings. The van der Waals surface area contributed by atoms with Crippen LogP contribution in [0.2, 0.25) is 0 Å². The quantitative estimate of drug-likeness (QED) is 0.569. The van der Waals surface area contributed by atoms with Crippen molar-refractivity contribution in [1.29, 1.82) is 0 Å². The molecule has 2 heterocycles. The summed E-state index contributed by atoms with van der Waals surface area (Å²) in [6.07, 6.45) is -6.64. The van der Waals surface area contributed by atoms with Crippen molar-refractivity contribution >= 4 is 29.6 Å². The largest absolute Gasteiger partial charge is 0.449 e. The highest BCUT2D eigenvalue weighted by Gasteiger charge is 2.47. The van der Waals surface area contributed by atoms with Crippen molar-refractivity contribution in [1.82, 2.24) is 15.1 Å². The van der Waals surface area contributed by atoms with Gasteiger partial charge in [-0.2, -0.15) is 13.2 Å². The van der Waals surface area contributed by atoms with Crippen LogP contribution in [0, 0.1) is 5.82 Å². The number of hydrogen-bond donors (Lipinski definition) is 2. The smallest absolute Gasteiger partial charge is 0.417 e. The number of fused-ring (bicyclic) bond motifs is 2. The van der Waals surface area contributed by atoms with Crippen LogP contribution in [0.3, 0.4) is 0 Å². The molecule has 0 spiro atoms. The van der Waals surface area contributed by atoms with Gasteiger partial charge < -0.3 is 20.3 Å². The predicted octanol–water partition coefficient (Wildman–Crippen LogP) is 3.55. The van der Waals surface area contributed by atoms with Crippen LogP contribution < -0.4 is 10.6 Å². The second-order valence-corrected chi connectivity index (χ2v) is 9.24. The van der Waals surface area contributed by atoms with E-state index in [0.717, 1.165) is 12.1 Å². The third-order valence-corrected chi connectivity index (χ3v) is 6.72. The maximum Gasteiger partial charge on any atom is 0.417 e.